The summed E-state index contributed by atoms with van der Waals surface area (Å²) in [7, 11) is 0. The molecule has 0 spiro atoms. The Balaban J connectivity index is 1.54. The molecule has 1 heterocycles. The van der Waals surface area contributed by atoms with Crippen LogP contribution in [0.4, 0.5) is 0 Å². The zero-order valence-corrected chi connectivity index (χ0v) is 14.2. The van der Waals surface area contributed by atoms with Gasteiger partial charge in [-0.2, -0.15) is 0 Å². The Hall–Kier alpha value is -0.280. The van der Waals surface area contributed by atoms with Gasteiger partial charge in [0.1, 0.15) is 0 Å². The highest BCUT2D eigenvalue weighted by Gasteiger charge is 2.15. The zero-order valence-electron chi connectivity index (χ0n) is 12.7. The fourth-order valence-corrected chi connectivity index (χ4v) is 3.08. The maximum atomic E-state index is 5.90. The molecule has 1 aromatic rings. The average molecular weight is 329 g/mol. The third kappa shape index (κ3) is 6.56. The lowest BCUT2D eigenvalue weighted by molar-refractivity contribution is 0.131. The van der Waals surface area contributed by atoms with Crippen LogP contribution in [0.3, 0.4) is 0 Å². The molecule has 2 nitrogen and oxygen atoms in total. The molecule has 0 N–H and O–H groups in total. The topological polar surface area (TPSA) is 6.48 Å². The second kappa shape index (κ2) is 9.68. The molecule has 2 rings (SSSR count). The van der Waals surface area contributed by atoms with Crippen LogP contribution in [-0.4, -0.2) is 54.9 Å². The van der Waals surface area contributed by atoms with Crippen molar-refractivity contribution in [1.29, 1.82) is 0 Å². The van der Waals surface area contributed by atoms with E-state index >= 15 is 0 Å². The van der Waals surface area contributed by atoms with Crippen LogP contribution >= 0.6 is 23.2 Å². The Kier molecular flexibility index (Phi) is 7.87. The lowest BCUT2D eigenvalue weighted by Crippen LogP contribution is -2.46. The van der Waals surface area contributed by atoms with Gasteiger partial charge in [0.15, 0.2) is 0 Å². The summed E-state index contributed by atoms with van der Waals surface area (Å²) in [6.07, 6.45) is 4.81. The minimum Gasteiger partial charge on any atom is -0.301 e. The number of rotatable bonds is 8. The molecule has 0 amide bonds. The zero-order chi connectivity index (χ0) is 14.9. The van der Waals surface area contributed by atoms with Crippen LogP contribution in [0.2, 0.25) is 5.02 Å². The van der Waals surface area contributed by atoms with Crippen molar-refractivity contribution in [2.75, 3.05) is 45.1 Å². The summed E-state index contributed by atoms with van der Waals surface area (Å²) in [6, 6.07) is 8.24. The number of unbranched alkanes of at least 4 members (excludes halogenated alkanes) is 1. The van der Waals surface area contributed by atoms with Crippen LogP contribution in [0.5, 0.6) is 0 Å². The van der Waals surface area contributed by atoms with E-state index in [2.05, 4.69) is 21.9 Å². The monoisotopic (exact) mass is 328 g/mol. The van der Waals surface area contributed by atoms with Crippen molar-refractivity contribution in [3.05, 3.63) is 34.9 Å². The van der Waals surface area contributed by atoms with Crippen molar-refractivity contribution < 1.29 is 0 Å². The molecule has 0 atom stereocenters. The molecule has 21 heavy (non-hydrogen) atoms. The number of benzene rings is 1. The summed E-state index contributed by atoms with van der Waals surface area (Å²) in [4.78, 5) is 5.13. The van der Waals surface area contributed by atoms with Crippen LogP contribution in [0.15, 0.2) is 24.3 Å². The molecule has 0 radical (unpaired) electrons. The van der Waals surface area contributed by atoms with Crippen molar-refractivity contribution in [3.8, 4) is 0 Å². The molecule has 0 aliphatic carbocycles. The van der Waals surface area contributed by atoms with Crippen molar-refractivity contribution in [1.82, 2.24) is 9.80 Å². The first-order valence-corrected chi connectivity index (χ1v) is 8.94. The maximum Gasteiger partial charge on any atom is 0.0406 e. The molecule has 0 bridgehead atoms. The summed E-state index contributed by atoms with van der Waals surface area (Å²) in [5.41, 5.74) is 1.39. The highest BCUT2D eigenvalue weighted by Crippen LogP contribution is 2.12. The van der Waals surface area contributed by atoms with Crippen molar-refractivity contribution in [2.45, 2.75) is 25.7 Å². The van der Waals surface area contributed by atoms with Crippen LogP contribution in [-0.2, 0) is 6.42 Å². The normalized spacial score (nSPS) is 17.2. The second-order valence-electron chi connectivity index (χ2n) is 5.81. The van der Waals surface area contributed by atoms with E-state index in [-0.39, 0.29) is 0 Å². The van der Waals surface area contributed by atoms with Gasteiger partial charge in [-0.25, -0.2) is 0 Å². The number of nitrogens with zero attached hydrogens (tertiary/aromatic N) is 2. The predicted octanol–water partition coefficient (Wildman–Crippen LogP) is 3.91. The number of aryl methyl sites for hydroxylation is 1. The molecule has 1 fully saturated rings. The number of halogens is 2. The van der Waals surface area contributed by atoms with E-state index in [1.54, 1.807) is 0 Å². The molecule has 0 unspecified atom stereocenters. The second-order valence-corrected chi connectivity index (χ2v) is 6.62. The molecular weight excluding hydrogens is 303 g/mol. The molecule has 118 valence electrons. The van der Waals surface area contributed by atoms with Crippen LogP contribution in [0.25, 0.3) is 0 Å². The summed E-state index contributed by atoms with van der Waals surface area (Å²) >= 11 is 11.6. The van der Waals surface area contributed by atoms with Gasteiger partial charge >= 0.3 is 0 Å². The molecule has 0 aromatic heterocycles. The van der Waals surface area contributed by atoms with Gasteiger partial charge in [-0.1, -0.05) is 23.7 Å². The van der Waals surface area contributed by atoms with Gasteiger partial charge in [-0.05, 0) is 56.5 Å². The minimum atomic E-state index is 0.783. The Morgan fingerprint density at radius 2 is 1.38 bits per heavy atom. The first-order valence-electron chi connectivity index (χ1n) is 8.03. The lowest BCUT2D eigenvalue weighted by atomic mass is 10.1. The van der Waals surface area contributed by atoms with E-state index in [9.17, 15) is 0 Å². The van der Waals surface area contributed by atoms with E-state index < -0.39 is 0 Å². The summed E-state index contributed by atoms with van der Waals surface area (Å²) in [5, 5.41) is 0.825. The van der Waals surface area contributed by atoms with Gasteiger partial charge in [0.05, 0.1) is 0 Å². The quantitative estimate of drug-likeness (QED) is 0.527. The highest BCUT2D eigenvalue weighted by atomic mass is 35.5. The fraction of sp³-hybridized carbons (Fsp3) is 0.647. The van der Waals surface area contributed by atoms with Crippen molar-refractivity contribution in [3.63, 3.8) is 0 Å². The number of alkyl halides is 1. The lowest BCUT2D eigenvalue weighted by Gasteiger charge is -2.34. The largest absolute Gasteiger partial charge is 0.301 e. The number of hydrogen-bond acceptors (Lipinski definition) is 2. The van der Waals surface area contributed by atoms with E-state index in [4.69, 9.17) is 23.2 Å². The van der Waals surface area contributed by atoms with Crippen LogP contribution in [0, 0.1) is 0 Å². The van der Waals surface area contributed by atoms with Gasteiger partial charge in [-0.3, -0.25) is 0 Å². The molecular formula is C17H26Cl2N2. The molecule has 1 aliphatic rings. The van der Waals surface area contributed by atoms with Crippen molar-refractivity contribution in [2.24, 2.45) is 0 Å². The molecule has 0 saturated carbocycles. The third-order valence-corrected chi connectivity index (χ3v) is 4.70. The van der Waals surface area contributed by atoms with Crippen LogP contribution in [0.1, 0.15) is 24.8 Å². The Morgan fingerprint density at radius 1 is 0.810 bits per heavy atom. The number of piperazine rings is 1. The molecule has 1 aliphatic heterocycles. The standard InChI is InChI=1S/C17H26Cl2N2/c18-9-3-11-21-14-12-20(13-15-21)10-2-1-4-16-5-7-17(19)8-6-16/h5-8H,1-4,9-15H2. The van der Waals surface area contributed by atoms with Gasteiger partial charge in [0, 0.05) is 37.1 Å². The van der Waals surface area contributed by atoms with Gasteiger partial charge in [0.2, 0.25) is 0 Å². The van der Waals surface area contributed by atoms with Gasteiger partial charge < -0.3 is 9.80 Å². The average Bonchev–Trinajstić information content (AvgIpc) is 2.52. The first-order chi connectivity index (χ1) is 10.3. The number of hydrogen-bond donors (Lipinski definition) is 0. The van der Waals surface area contributed by atoms with E-state index in [0.29, 0.717) is 0 Å². The summed E-state index contributed by atoms with van der Waals surface area (Å²) in [6.45, 7) is 7.22. The van der Waals surface area contributed by atoms with Crippen LogP contribution < -0.4 is 0 Å². The van der Waals surface area contributed by atoms with E-state index in [1.807, 2.05) is 12.1 Å². The predicted molar refractivity (Wildman–Crippen MR) is 92.6 cm³/mol. The van der Waals surface area contributed by atoms with E-state index in [0.717, 1.165) is 30.3 Å². The fourth-order valence-electron chi connectivity index (χ4n) is 2.84. The molecule has 1 saturated heterocycles. The van der Waals surface area contributed by atoms with Gasteiger partial charge in [-0.15, -0.1) is 11.6 Å². The van der Waals surface area contributed by atoms with E-state index in [1.165, 1.54) is 51.1 Å². The molecule has 1 aromatic carbocycles. The Bertz CT molecular complexity index is 386. The Morgan fingerprint density at radius 3 is 1.95 bits per heavy atom. The maximum absolute atomic E-state index is 5.90. The van der Waals surface area contributed by atoms with Gasteiger partial charge in [0.25, 0.3) is 0 Å². The smallest absolute Gasteiger partial charge is 0.0406 e. The summed E-state index contributed by atoms with van der Waals surface area (Å²) in [5.74, 6) is 0.783. The minimum absolute atomic E-state index is 0.783. The first kappa shape index (κ1) is 17.1. The highest BCUT2D eigenvalue weighted by molar-refractivity contribution is 6.30. The molecule has 4 heteroatoms. The summed E-state index contributed by atoms with van der Waals surface area (Å²) < 4.78 is 0. The SMILES string of the molecule is ClCCCN1CCN(CCCCc2ccc(Cl)cc2)CC1. The third-order valence-electron chi connectivity index (χ3n) is 4.18. The Labute approximate surface area is 139 Å². The van der Waals surface area contributed by atoms with Crippen molar-refractivity contribution >= 4 is 23.2 Å².